The van der Waals surface area contributed by atoms with E-state index in [1.54, 1.807) is 42.5 Å². The lowest BCUT2D eigenvalue weighted by Crippen LogP contribution is -2.36. The van der Waals surface area contributed by atoms with Gasteiger partial charge in [-0.05, 0) is 54.8 Å². The molecule has 2 saturated heterocycles. The van der Waals surface area contributed by atoms with Crippen molar-refractivity contribution >= 4 is 40.7 Å². The lowest BCUT2D eigenvalue weighted by Gasteiger charge is -2.28. The molecule has 2 aromatic rings. The van der Waals surface area contributed by atoms with Gasteiger partial charge < -0.3 is 19.5 Å². The van der Waals surface area contributed by atoms with Crippen LogP contribution in [0.1, 0.15) is 30.0 Å². The third kappa shape index (κ3) is 4.15. The van der Waals surface area contributed by atoms with E-state index in [1.807, 2.05) is 0 Å². The van der Waals surface area contributed by atoms with Gasteiger partial charge in [0.2, 0.25) is 0 Å². The van der Waals surface area contributed by atoms with Gasteiger partial charge in [-0.25, -0.2) is 0 Å². The van der Waals surface area contributed by atoms with Gasteiger partial charge in [-0.3, -0.25) is 9.59 Å². The molecule has 0 unspecified atom stereocenters. The molecule has 2 aliphatic rings. The van der Waals surface area contributed by atoms with Crippen molar-refractivity contribution in [3.8, 4) is 5.75 Å². The maximum Gasteiger partial charge on any atom is 0.295 e. The molecule has 0 spiro atoms. The Morgan fingerprint density at radius 2 is 1.94 bits per heavy atom. The maximum absolute atomic E-state index is 13.0. The first kappa shape index (κ1) is 21.7. The van der Waals surface area contributed by atoms with Gasteiger partial charge in [0.15, 0.2) is 0 Å². The Morgan fingerprint density at radius 1 is 1.19 bits per heavy atom. The average Bonchev–Trinajstić information content (AvgIpc) is 3.36. The van der Waals surface area contributed by atoms with Crippen molar-refractivity contribution in [2.75, 3.05) is 20.3 Å². The third-order valence-electron chi connectivity index (χ3n) is 5.58. The van der Waals surface area contributed by atoms with Gasteiger partial charge in [-0.15, -0.1) is 0 Å². The minimum atomic E-state index is -0.851. The predicted octanol–water partition coefficient (Wildman–Crippen LogP) is 4.60. The fraction of sp³-hybridized carbons (Fsp3) is 0.304. The van der Waals surface area contributed by atoms with E-state index in [0.29, 0.717) is 33.5 Å². The molecule has 6 nitrogen and oxygen atoms in total. The second kappa shape index (κ2) is 8.91. The van der Waals surface area contributed by atoms with Crippen LogP contribution < -0.4 is 4.74 Å². The number of ether oxygens (including phenoxy) is 2. The number of hydrogen-bond donors (Lipinski definition) is 1. The Hall–Kier alpha value is -2.54. The zero-order valence-corrected chi connectivity index (χ0v) is 18.3. The summed E-state index contributed by atoms with van der Waals surface area (Å²) in [5.41, 5.74) is 0.890. The van der Waals surface area contributed by atoms with E-state index >= 15 is 0 Å². The van der Waals surface area contributed by atoms with E-state index in [-0.39, 0.29) is 24.0 Å². The van der Waals surface area contributed by atoms with Crippen LogP contribution in [0.2, 0.25) is 10.0 Å². The molecule has 1 N–H and O–H groups in total. The standard InChI is InChI=1S/C23H21Cl2NO5/c1-30-15-7-4-13(5-8-15)21(27)19-20(17-9-6-14(24)11-18(17)25)26(23(29)22(19)28)12-16-3-2-10-31-16/h4-9,11,16,20,27H,2-3,10,12H2,1H3/t16-,20+/m1/s1. The van der Waals surface area contributed by atoms with Crippen molar-refractivity contribution in [3.05, 3.63) is 69.2 Å². The summed E-state index contributed by atoms with van der Waals surface area (Å²) in [6.45, 7) is 0.848. The molecule has 162 valence electrons. The predicted molar refractivity (Wildman–Crippen MR) is 117 cm³/mol. The molecule has 0 bridgehead atoms. The number of carbonyl (C=O) groups is 2. The summed E-state index contributed by atoms with van der Waals surface area (Å²) in [6.07, 6.45) is 1.52. The second-order valence-corrected chi connectivity index (χ2v) is 8.32. The number of methoxy groups -OCH3 is 1. The molecule has 0 saturated carbocycles. The SMILES string of the molecule is COc1ccc(C(O)=C2C(=O)C(=O)N(C[C@H]3CCCO3)[C@H]2c2ccc(Cl)cc2Cl)cc1. The quantitative estimate of drug-likeness (QED) is 0.399. The zero-order valence-electron chi connectivity index (χ0n) is 16.8. The summed E-state index contributed by atoms with van der Waals surface area (Å²) in [5.74, 6) is -1.12. The van der Waals surface area contributed by atoms with Crippen LogP contribution in [0.5, 0.6) is 5.75 Å². The molecule has 2 fully saturated rings. The number of rotatable bonds is 5. The van der Waals surface area contributed by atoms with E-state index in [0.717, 1.165) is 12.8 Å². The molecule has 2 aliphatic heterocycles. The Kier molecular flexibility index (Phi) is 6.23. The van der Waals surface area contributed by atoms with Crippen LogP contribution in [0.3, 0.4) is 0 Å². The summed E-state index contributed by atoms with van der Waals surface area (Å²) in [6, 6.07) is 10.6. The molecule has 2 atom stereocenters. The van der Waals surface area contributed by atoms with E-state index < -0.39 is 17.7 Å². The molecule has 2 heterocycles. The highest BCUT2D eigenvalue weighted by Crippen LogP contribution is 2.43. The second-order valence-electron chi connectivity index (χ2n) is 7.48. The first-order valence-electron chi connectivity index (χ1n) is 9.90. The number of halogens is 2. The smallest absolute Gasteiger partial charge is 0.295 e. The Balaban J connectivity index is 1.84. The van der Waals surface area contributed by atoms with E-state index in [4.69, 9.17) is 32.7 Å². The normalized spacial score (nSPS) is 22.9. The van der Waals surface area contributed by atoms with Crippen molar-refractivity contribution in [2.45, 2.75) is 25.0 Å². The summed E-state index contributed by atoms with van der Waals surface area (Å²) < 4.78 is 10.8. The Bertz CT molecular complexity index is 1040. The number of likely N-dealkylation sites (tertiary alicyclic amines) is 1. The number of nitrogens with zero attached hydrogens (tertiary/aromatic N) is 1. The van der Waals surface area contributed by atoms with Crippen LogP contribution in [0.25, 0.3) is 5.76 Å². The number of carbonyl (C=O) groups excluding carboxylic acids is 2. The number of hydrogen-bond acceptors (Lipinski definition) is 5. The molecule has 0 aromatic heterocycles. The van der Waals surface area contributed by atoms with Gasteiger partial charge in [-0.1, -0.05) is 29.3 Å². The van der Waals surface area contributed by atoms with Gasteiger partial charge in [0.05, 0.1) is 24.8 Å². The number of ketones is 1. The minimum absolute atomic E-state index is 0.0163. The number of Topliss-reactive ketones (excluding diaryl/α,β-unsaturated/α-hetero) is 1. The molecular formula is C23H21Cl2NO5. The molecule has 4 rings (SSSR count). The van der Waals surface area contributed by atoms with Gasteiger partial charge in [0.1, 0.15) is 11.5 Å². The van der Waals surface area contributed by atoms with Crippen molar-refractivity contribution in [1.29, 1.82) is 0 Å². The molecular weight excluding hydrogens is 441 g/mol. The average molecular weight is 462 g/mol. The van der Waals surface area contributed by atoms with Gasteiger partial charge in [0, 0.05) is 28.8 Å². The van der Waals surface area contributed by atoms with Crippen LogP contribution in [0.15, 0.2) is 48.0 Å². The number of benzene rings is 2. The van der Waals surface area contributed by atoms with Crippen LogP contribution in [-0.2, 0) is 14.3 Å². The van der Waals surface area contributed by atoms with E-state index in [9.17, 15) is 14.7 Å². The summed E-state index contributed by atoms with van der Waals surface area (Å²) >= 11 is 12.5. The Labute approximate surface area is 190 Å². The highest BCUT2D eigenvalue weighted by molar-refractivity contribution is 6.47. The number of aliphatic hydroxyl groups is 1. The molecule has 8 heteroatoms. The van der Waals surface area contributed by atoms with Crippen molar-refractivity contribution < 1.29 is 24.2 Å². The lowest BCUT2D eigenvalue weighted by atomic mass is 9.95. The fourth-order valence-corrected chi connectivity index (χ4v) is 4.54. The minimum Gasteiger partial charge on any atom is -0.507 e. The van der Waals surface area contributed by atoms with Crippen molar-refractivity contribution in [1.82, 2.24) is 4.90 Å². The van der Waals surface area contributed by atoms with Gasteiger partial charge in [0.25, 0.3) is 11.7 Å². The number of amides is 1. The van der Waals surface area contributed by atoms with Crippen molar-refractivity contribution in [3.63, 3.8) is 0 Å². The summed E-state index contributed by atoms with van der Waals surface area (Å²) in [5, 5.41) is 11.8. The summed E-state index contributed by atoms with van der Waals surface area (Å²) in [7, 11) is 1.54. The van der Waals surface area contributed by atoms with Crippen LogP contribution in [0.4, 0.5) is 0 Å². The molecule has 31 heavy (non-hydrogen) atoms. The van der Waals surface area contributed by atoms with E-state index in [1.165, 1.54) is 12.0 Å². The topological polar surface area (TPSA) is 76.1 Å². The fourth-order valence-electron chi connectivity index (χ4n) is 4.03. The van der Waals surface area contributed by atoms with Crippen LogP contribution in [-0.4, -0.2) is 48.1 Å². The monoisotopic (exact) mass is 461 g/mol. The Morgan fingerprint density at radius 3 is 2.55 bits per heavy atom. The first-order chi connectivity index (χ1) is 14.9. The number of aliphatic hydroxyl groups excluding tert-OH is 1. The molecule has 0 aliphatic carbocycles. The molecule has 1 amide bonds. The van der Waals surface area contributed by atoms with Crippen LogP contribution >= 0.6 is 23.2 Å². The van der Waals surface area contributed by atoms with Crippen LogP contribution in [0, 0.1) is 0 Å². The molecule has 0 radical (unpaired) electrons. The van der Waals surface area contributed by atoms with Gasteiger partial charge >= 0.3 is 0 Å². The highest BCUT2D eigenvalue weighted by atomic mass is 35.5. The lowest BCUT2D eigenvalue weighted by molar-refractivity contribution is -0.140. The zero-order chi connectivity index (χ0) is 22.1. The third-order valence-corrected chi connectivity index (χ3v) is 6.15. The molecule has 2 aromatic carbocycles. The van der Waals surface area contributed by atoms with Gasteiger partial charge in [-0.2, -0.15) is 0 Å². The van der Waals surface area contributed by atoms with E-state index in [2.05, 4.69) is 0 Å². The first-order valence-corrected chi connectivity index (χ1v) is 10.7. The largest absolute Gasteiger partial charge is 0.507 e. The maximum atomic E-state index is 13.0. The van der Waals surface area contributed by atoms with Crippen molar-refractivity contribution in [2.24, 2.45) is 0 Å². The highest BCUT2D eigenvalue weighted by Gasteiger charge is 2.47. The summed E-state index contributed by atoms with van der Waals surface area (Å²) in [4.78, 5) is 27.5.